The van der Waals surface area contributed by atoms with Gasteiger partial charge in [-0.3, -0.25) is 24.7 Å². The minimum atomic E-state index is -0.395. The van der Waals surface area contributed by atoms with Crippen LogP contribution in [0.15, 0.2) is 55.1 Å². The van der Waals surface area contributed by atoms with Gasteiger partial charge in [-0.25, -0.2) is 0 Å². The van der Waals surface area contributed by atoms with Gasteiger partial charge in [0.15, 0.2) is 5.69 Å². The zero-order valence-electron chi connectivity index (χ0n) is 19.5. The van der Waals surface area contributed by atoms with Gasteiger partial charge in [0.25, 0.3) is 5.91 Å². The van der Waals surface area contributed by atoms with Crippen LogP contribution < -0.4 is 15.5 Å². The first-order valence-electron chi connectivity index (χ1n) is 12.0. The lowest BCUT2D eigenvalue weighted by atomic mass is 10.0. The number of nitrogens with zero attached hydrogens (tertiary/aromatic N) is 4. The summed E-state index contributed by atoms with van der Waals surface area (Å²) in [6.45, 7) is 3.06. The zero-order chi connectivity index (χ0) is 24.5. The molecule has 1 aromatic carbocycles. The Balaban J connectivity index is 1.26. The number of anilines is 3. The number of H-pyrrole nitrogens is 1. The maximum Gasteiger partial charge on any atom is 0.276 e. The van der Waals surface area contributed by atoms with Crippen molar-refractivity contribution in [2.75, 3.05) is 41.8 Å². The standard InChI is InChI=1S/C26H25N7O3/c34-25(16-1-2-16)29-22-5-6-27-15-23(22)30-26(35)24-20-12-17(3-4-21(20)31-32-24)18-11-19(14-28-13-18)33-7-9-36-10-8-33/h3-6,11-16H,1-2,7-10H2,(H,30,35)(H,31,32)(H,27,29,34). The largest absolute Gasteiger partial charge is 0.378 e. The third kappa shape index (κ3) is 4.50. The smallest absolute Gasteiger partial charge is 0.276 e. The van der Waals surface area contributed by atoms with Crippen LogP contribution in [0, 0.1) is 5.92 Å². The van der Waals surface area contributed by atoms with Gasteiger partial charge in [0, 0.05) is 42.4 Å². The Morgan fingerprint density at radius 2 is 1.81 bits per heavy atom. The van der Waals surface area contributed by atoms with Gasteiger partial charge in [-0.1, -0.05) is 6.07 Å². The number of morpholine rings is 1. The van der Waals surface area contributed by atoms with Gasteiger partial charge in [-0.15, -0.1) is 0 Å². The Morgan fingerprint density at radius 3 is 2.64 bits per heavy atom. The van der Waals surface area contributed by atoms with Crippen LogP contribution in [0.5, 0.6) is 0 Å². The summed E-state index contributed by atoms with van der Waals surface area (Å²) < 4.78 is 5.46. The van der Waals surface area contributed by atoms with Crippen LogP contribution in [0.4, 0.5) is 17.1 Å². The van der Waals surface area contributed by atoms with Crippen molar-refractivity contribution in [3.63, 3.8) is 0 Å². The molecule has 6 rings (SSSR count). The Kier molecular flexibility index (Phi) is 5.78. The SMILES string of the molecule is O=C(Nc1cnccc1NC(=O)C1CC1)c1n[nH]c2ccc(-c3cncc(N4CCOCC4)c3)cc12. The van der Waals surface area contributed by atoms with Crippen LogP contribution in [0.3, 0.4) is 0 Å². The molecule has 2 aliphatic rings. The van der Waals surface area contributed by atoms with E-state index in [0.29, 0.717) is 30.0 Å². The Labute approximate surface area is 207 Å². The number of hydrogen-bond donors (Lipinski definition) is 3. The minimum absolute atomic E-state index is 0.0421. The predicted molar refractivity (Wildman–Crippen MR) is 136 cm³/mol. The van der Waals surface area contributed by atoms with Crippen molar-refractivity contribution >= 4 is 39.8 Å². The maximum absolute atomic E-state index is 13.2. The molecular formula is C26H25N7O3. The summed E-state index contributed by atoms with van der Waals surface area (Å²) in [5, 5.41) is 13.6. The highest BCUT2D eigenvalue weighted by Gasteiger charge is 2.30. The number of ether oxygens (including phenoxy) is 1. The number of aromatic nitrogens is 4. The summed E-state index contributed by atoms with van der Waals surface area (Å²) >= 11 is 0. The van der Waals surface area contributed by atoms with E-state index in [2.05, 4.69) is 41.8 Å². The fraction of sp³-hybridized carbons (Fsp3) is 0.269. The second-order valence-electron chi connectivity index (χ2n) is 9.00. The quantitative estimate of drug-likeness (QED) is 0.384. The molecule has 3 N–H and O–H groups in total. The van der Waals surface area contributed by atoms with E-state index in [0.717, 1.165) is 48.3 Å². The number of aromatic amines is 1. The molecule has 1 saturated heterocycles. The van der Waals surface area contributed by atoms with Gasteiger partial charge >= 0.3 is 0 Å². The number of hydrogen-bond acceptors (Lipinski definition) is 7. The molecule has 1 aliphatic carbocycles. The Bertz CT molecular complexity index is 1440. The molecular weight excluding hydrogens is 458 g/mol. The van der Waals surface area contributed by atoms with Gasteiger partial charge < -0.3 is 20.3 Å². The summed E-state index contributed by atoms with van der Waals surface area (Å²) in [6, 6.07) is 9.60. The van der Waals surface area contributed by atoms with Crippen LogP contribution in [-0.2, 0) is 9.53 Å². The van der Waals surface area contributed by atoms with Crippen molar-refractivity contribution in [1.82, 2.24) is 20.2 Å². The first kappa shape index (κ1) is 22.2. The van der Waals surface area contributed by atoms with Crippen molar-refractivity contribution in [2.24, 2.45) is 5.92 Å². The van der Waals surface area contributed by atoms with E-state index in [4.69, 9.17) is 4.74 Å². The Morgan fingerprint density at radius 1 is 0.944 bits per heavy atom. The number of nitrogens with one attached hydrogen (secondary N) is 3. The van der Waals surface area contributed by atoms with E-state index in [1.807, 2.05) is 30.6 Å². The molecule has 0 bridgehead atoms. The second-order valence-corrected chi connectivity index (χ2v) is 9.00. The molecule has 1 aliphatic heterocycles. The van der Waals surface area contributed by atoms with E-state index >= 15 is 0 Å². The molecule has 10 nitrogen and oxygen atoms in total. The lowest BCUT2D eigenvalue weighted by molar-refractivity contribution is -0.117. The molecule has 0 unspecified atom stereocenters. The molecule has 0 spiro atoms. The number of carbonyl (C=O) groups is 2. The number of fused-ring (bicyclic) bond motifs is 1. The first-order valence-corrected chi connectivity index (χ1v) is 12.0. The summed E-state index contributed by atoms with van der Waals surface area (Å²) in [5.41, 5.74) is 4.86. The van der Waals surface area contributed by atoms with Crippen LogP contribution in [0.25, 0.3) is 22.0 Å². The van der Waals surface area contributed by atoms with Crippen LogP contribution >= 0.6 is 0 Å². The number of rotatable bonds is 6. The summed E-state index contributed by atoms with van der Waals surface area (Å²) in [6.07, 6.45) is 8.56. The predicted octanol–water partition coefficient (Wildman–Crippen LogP) is 3.46. The summed E-state index contributed by atoms with van der Waals surface area (Å²) in [5.74, 6) is -0.389. The van der Waals surface area contributed by atoms with E-state index in [-0.39, 0.29) is 17.5 Å². The molecule has 4 aromatic rings. The number of carbonyl (C=O) groups excluding carboxylic acids is 2. The van der Waals surface area contributed by atoms with Gasteiger partial charge in [0.2, 0.25) is 5.91 Å². The number of benzene rings is 1. The highest BCUT2D eigenvalue weighted by Crippen LogP contribution is 2.32. The fourth-order valence-electron chi connectivity index (χ4n) is 4.31. The molecule has 0 atom stereocenters. The Hall–Kier alpha value is -4.31. The molecule has 3 aromatic heterocycles. The second kappa shape index (κ2) is 9.38. The molecule has 36 heavy (non-hydrogen) atoms. The van der Waals surface area contributed by atoms with Crippen molar-refractivity contribution < 1.29 is 14.3 Å². The van der Waals surface area contributed by atoms with Crippen LogP contribution in [-0.4, -0.2) is 58.3 Å². The van der Waals surface area contributed by atoms with Crippen molar-refractivity contribution in [1.29, 1.82) is 0 Å². The maximum atomic E-state index is 13.2. The molecule has 0 radical (unpaired) electrons. The molecule has 1 saturated carbocycles. The van der Waals surface area contributed by atoms with Crippen LogP contribution in [0.1, 0.15) is 23.3 Å². The molecule has 182 valence electrons. The number of amides is 2. The number of pyridine rings is 2. The van der Waals surface area contributed by atoms with Gasteiger partial charge in [-0.2, -0.15) is 5.10 Å². The average Bonchev–Trinajstić information content (AvgIpc) is 3.69. The van der Waals surface area contributed by atoms with Gasteiger partial charge in [-0.05, 0) is 42.7 Å². The first-order chi connectivity index (χ1) is 17.7. The summed E-state index contributed by atoms with van der Waals surface area (Å²) in [4.78, 5) is 36.2. The average molecular weight is 484 g/mol. The van der Waals surface area contributed by atoms with Crippen LogP contribution in [0.2, 0.25) is 0 Å². The molecule has 4 heterocycles. The third-order valence-corrected chi connectivity index (χ3v) is 6.49. The highest BCUT2D eigenvalue weighted by atomic mass is 16.5. The van der Waals surface area contributed by atoms with E-state index in [1.54, 1.807) is 12.3 Å². The third-order valence-electron chi connectivity index (χ3n) is 6.49. The normalized spacial score (nSPS) is 15.6. The van der Waals surface area contributed by atoms with E-state index < -0.39 is 5.91 Å². The highest BCUT2D eigenvalue weighted by molar-refractivity contribution is 6.13. The molecule has 2 fully saturated rings. The molecule has 10 heteroatoms. The van der Waals surface area contributed by atoms with Gasteiger partial charge in [0.05, 0.1) is 48.2 Å². The lowest BCUT2D eigenvalue weighted by Crippen LogP contribution is -2.36. The topological polar surface area (TPSA) is 125 Å². The van der Waals surface area contributed by atoms with Crippen molar-refractivity contribution in [2.45, 2.75) is 12.8 Å². The monoisotopic (exact) mass is 483 g/mol. The van der Waals surface area contributed by atoms with E-state index in [9.17, 15) is 9.59 Å². The fourth-order valence-corrected chi connectivity index (χ4v) is 4.31. The molecule has 2 amide bonds. The van der Waals surface area contributed by atoms with Gasteiger partial charge in [0.1, 0.15) is 0 Å². The van der Waals surface area contributed by atoms with E-state index in [1.165, 1.54) is 6.20 Å². The minimum Gasteiger partial charge on any atom is -0.378 e. The lowest BCUT2D eigenvalue weighted by Gasteiger charge is -2.28. The zero-order valence-corrected chi connectivity index (χ0v) is 19.5. The van der Waals surface area contributed by atoms with Crippen molar-refractivity contribution in [3.8, 4) is 11.1 Å². The summed E-state index contributed by atoms with van der Waals surface area (Å²) in [7, 11) is 0. The van der Waals surface area contributed by atoms with Crippen molar-refractivity contribution in [3.05, 3.63) is 60.8 Å².